The Labute approximate surface area is 112 Å². The molecule has 0 amide bonds. The summed E-state index contributed by atoms with van der Waals surface area (Å²) in [7, 11) is 0. The second-order valence-corrected chi connectivity index (χ2v) is 5.05. The Balaban J connectivity index is 2.48. The smallest absolute Gasteiger partial charge is 0.320 e. The van der Waals surface area contributed by atoms with Crippen molar-refractivity contribution >= 4 is 11.9 Å². The van der Waals surface area contributed by atoms with Crippen LogP contribution in [-0.4, -0.2) is 31.9 Å². The third-order valence-corrected chi connectivity index (χ3v) is 3.34. The molecule has 0 fully saturated rings. The maximum Gasteiger partial charge on any atom is 0.320 e. The van der Waals surface area contributed by atoms with Gasteiger partial charge in [0.15, 0.2) is 5.41 Å². The van der Waals surface area contributed by atoms with Gasteiger partial charge in [0, 0.05) is 12.2 Å². The Hall–Kier alpha value is -1.85. The summed E-state index contributed by atoms with van der Waals surface area (Å²) in [5.41, 5.74) is 0.296. The first kappa shape index (κ1) is 15.2. The lowest BCUT2D eigenvalue weighted by Crippen LogP contribution is -2.36. The third-order valence-electron chi connectivity index (χ3n) is 3.34. The van der Waals surface area contributed by atoms with Crippen LogP contribution >= 0.6 is 0 Å². The van der Waals surface area contributed by atoms with Crippen LogP contribution in [0.15, 0.2) is 6.07 Å². The Bertz CT molecular complexity index is 465. The lowest BCUT2D eigenvalue weighted by molar-refractivity contribution is -0.163. The molecule has 106 valence electrons. The second-order valence-electron chi connectivity index (χ2n) is 5.05. The molecule has 1 rings (SSSR count). The number of carboxylic acids is 2. The molecule has 0 spiro atoms. The standard InChI is InChI=1S/C13H20N2O4/c1-9-8-10(2)15(14-9)7-5-4-6-13(3,11(16)17)12(18)19/h8H,4-7H2,1-3H3,(H,16,17)(H,18,19). The molecule has 6 nitrogen and oxygen atoms in total. The summed E-state index contributed by atoms with van der Waals surface area (Å²) in [5, 5.41) is 22.2. The summed E-state index contributed by atoms with van der Waals surface area (Å²) in [5.74, 6) is -2.57. The fraction of sp³-hybridized carbons (Fsp3) is 0.615. The van der Waals surface area contributed by atoms with Crippen LogP contribution in [0.25, 0.3) is 0 Å². The molecule has 2 N–H and O–H groups in total. The first-order chi connectivity index (χ1) is 8.77. The van der Waals surface area contributed by atoms with Crippen molar-refractivity contribution in [2.24, 2.45) is 5.41 Å². The summed E-state index contributed by atoms with van der Waals surface area (Å²) >= 11 is 0. The minimum absolute atomic E-state index is 0.122. The average molecular weight is 268 g/mol. The highest BCUT2D eigenvalue weighted by Crippen LogP contribution is 2.25. The van der Waals surface area contributed by atoms with Crippen molar-refractivity contribution in [1.82, 2.24) is 9.78 Å². The molecule has 0 radical (unpaired) electrons. The number of aryl methyl sites for hydroxylation is 3. The average Bonchev–Trinajstić information content (AvgIpc) is 2.62. The number of carbonyl (C=O) groups is 2. The number of aromatic nitrogens is 2. The number of aliphatic carboxylic acids is 2. The summed E-state index contributed by atoms with van der Waals surface area (Å²) < 4.78 is 1.86. The number of nitrogens with zero attached hydrogens (tertiary/aromatic N) is 2. The number of hydrogen-bond donors (Lipinski definition) is 2. The van der Waals surface area contributed by atoms with Gasteiger partial charge in [-0.05, 0) is 46.1 Å². The molecular formula is C13H20N2O4. The summed E-state index contributed by atoms with van der Waals surface area (Å²) in [4.78, 5) is 22.0. The molecule has 0 aliphatic carbocycles. The molecule has 6 heteroatoms. The molecule has 0 aromatic carbocycles. The second kappa shape index (κ2) is 5.86. The van der Waals surface area contributed by atoms with Gasteiger partial charge < -0.3 is 10.2 Å². The van der Waals surface area contributed by atoms with Crippen molar-refractivity contribution in [3.8, 4) is 0 Å². The van der Waals surface area contributed by atoms with Crippen molar-refractivity contribution in [3.63, 3.8) is 0 Å². The largest absolute Gasteiger partial charge is 0.480 e. The Morgan fingerprint density at radius 2 is 1.84 bits per heavy atom. The topological polar surface area (TPSA) is 92.4 Å². The monoisotopic (exact) mass is 268 g/mol. The van der Waals surface area contributed by atoms with E-state index in [-0.39, 0.29) is 6.42 Å². The first-order valence-corrected chi connectivity index (χ1v) is 6.25. The summed E-state index contributed by atoms with van der Waals surface area (Å²) in [6.45, 7) is 5.80. The molecule has 1 heterocycles. The molecule has 1 aromatic rings. The lowest BCUT2D eigenvalue weighted by Gasteiger charge is -2.19. The van der Waals surface area contributed by atoms with Gasteiger partial charge in [-0.25, -0.2) is 0 Å². The predicted molar refractivity (Wildman–Crippen MR) is 68.9 cm³/mol. The number of hydrogen-bond acceptors (Lipinski definition) is 3. The molecule has 19 heavy (non-hydrogen) atoms. The molecule has 0 atom stereocenters. The van der Waals surface area contributed by atoms with Gasteiger partial charge in [-0.3, -0.25) is 14.3 Å². The predicted octanol–water partition coefficient (Wildman–Crippen LogP) is 1.85. The van der Waals surface area contributed by atoms with Crippen molar-refractivity contribution in [3.05, 3.63) is 17.5 Å². The highest BCUT2D eigenvalue weighted by atomic mass is 16.4. The van der Waals surface area contributed by atoms with Crippen LogP contribution in [0.5, 0.6) is 0 Å². The molecule has 0 saturated carbocycles. The molecule has 0 aliphatic rings. The highest BCUT2D eigenvalue weighted by Gasteiger charge is 2.40. The fourth-order valence-electron chi connectivity index (χ4n) is 1.95. The van der Waals surface area contributed by atoms with Crippen LogP contribution in [0, 0.1) is 19.3 Å². The van der Waals surface area contributed by atoms with Gasteiger partial charge in [0.05, 0.1) is 5.69 Å². The molecule has 0 saturated heterocycles. The normalized spacial score (nSPS) is 11.5. The van der Waals surface area contributed by atoms with Gasteiger partial charge in [0.25, 0.3) is 0 Å². The van der Waals surface area contributed by atoms with E-state index in [2.05, 4.69) is 5.10 Å². The van der Waals surface area contributed by atoms with Crippen molar-refractivity contribution in [2.75, 3.05) is 0 Å². The fourth-order valence-corrected chi connectivity index (χ4v) is 1.95. The van der Waals surface area contributed by atoms with Crippen LogP contribution in [0.2, 0.25) is 0 Å². The van der Waals surface area contributed by atoms with E-state index in [9.17, 15) is 9.59 Å². The van der Waals surface area contributed by atoms with Crippen LogP contribution < -0.4 is 0 Å². The minimum atomic E-state index is -1.70. The Kier molecular flexibility index (Phi) is 4.69. The van der Waals surface area contributed by atoms with Crippen LogP contribution in [0.4, 0.5) is 0 Å². The maximum absolute atomic E-state index is 11.0. The lowest BCUT2D eigenvalue weighted by atomic mass is 9.85. The van der Waals surface area contributed by atoms with E-state index in [0.717, 1.165) is 11.4 Å². The van der Waals surface area contributed by atoms with E-state index >= 15 is 0 Å². The van der Waals surface area contributed by atoms with E-state index in [4.69, 9.17) is 10.2 Å². The van der Waals surface area contributed by atoms with Crippen molar-refractivity contribution in [1.29, 1.82) is 0 Å². The van der Waals surface area contributed by atoms with E-state index in [1.807, 2.05) is 24.6 Å². The van der Waals surface area contributed by atoms with E-state index in [0.29, 0.717) is 19.4 Å². The van der Waals surface area contributed by atoms with E-state index < -0.39 is 17.4 Å². The molecule has 0 aliphatic heterocycles. The molecule has 0 bridgehead atoms. The number of carboxylic acid groups (broad SMARTS) is 2. The van der Waals surface area contributed by atoms with Gasteiger partial charge >= 0.3 is 11.9 Å². The quantitative estimate of drug-likeness (QED) is 0.581. The van der Waals surface area contributed by atoms with Gasteiger partial charge in [0.1, 0.15) is 0 Å². The SMILES string of the molecule is Cc1cc(C)n(CCCCC(C)(C(=O)O)C(=O)O)n1. The van der Waals surface area contributed by atoms with Crippen LogP contribution in [-0.2, 0) is 16.1 Å². The van der Waals surface area contributed by atoms with E-state index in [1.165, 1.54) is 6.92 Å². The van der Waals surface area contributed by atoms with Crippen LogP contribution in [0.3, 0.4) is 0 Å². The van der Waals surface area contributed by atoms with Gasteiger partial charge in [-0.1, -0.05) is 0 Å². The van der Waals surface area contributed by atoms with Gasteiger partial charge in [0.2, 0.25) is 0 Å². The summed E-state index contributed by atoms with van der Waals surface area (Å²) in [6.07, 6.45) is 1.36. The zero-order valence-electron chi connectivity index (χ0n) is 11.5. The third kappa shape index (κ3) is 3.56. The Morgan fingerprint density at radius 3 is 2.26 bits per heavy atom. The van der Waals surface area contributed by atoms with Crippen molar-refractivity contribution in [2.45, 2.75) is 46.6 Å². The molecular weight excluding hydrogens is 248 g/mol. The molecule has 0 unspecified atom stereocenters. The highest BCUT2D eigenvalue weighted by molar-refractivity contribution is 5.97. The first-order valence-electron chi connectivity index (χ1n) is 6.25. The molecule has 1 aromatic heterocycles. The van der Waals surface area contributed by atoms with Crippen LogP contribution in [0.1, 0.15) is 37.6 Å². The zero-order valence-corrected chi connectivity index (χ0v) is 11.5. The van der Waals surface area contributed by atoms with Crippen molar-refractivity contribution < 1.29 is 19.8 Å². The summed E-state index contributed by atoms with van der Waals surface area (Å²) in [6, 6.07) is 1.97. The number of unbranched alkanes of at least 4 members (excludes halogenated alkanes) is 1. The van der Waals surface area contributed by atoms with Gasteiger partial charge in [-0.2, -0.15) is 5.10 Å². The maximum atomic E-state index is 11.0. The van der Waals surface area contributed by atoms with Gasteiger partial charge in [-0.15, -0.1) is 0 Å². The minimum Gasteiger partial charge on any atom is -0.480 e. The van der Waals surface area contributed by atoms with E-state index in [1.54, 1.807) is 0 Å². The zero-order chi connectivity index (χ0) is 14.6. The Morgan fingerprint density at radius 1 is 1.26 bits per heavy atom. The number of rotatable bonds is 7.